The number of amides is 1. The molecule has 3 aromatic rings. The molecule has 3 heterocycles. The minimum Gasteiger partial charge on any atom is -0.480 e. The number of furan rings is 1. The Morgan fingerprint density at radius 3 is 3.05 bits per heavy atom. The van der Waals surface area contributed by atoms with Gasteiger partial charge < -0.3 is 14.5 Å². The average Bonchev–Trinajstić information content (AvgIpc) is 3.13. The molecule has 0 aliphatic carbocycles. The first kappa shape index (κ1) is 12.2. The van der Waals surface area contributed by atoms with Crippen LogP contribution in [0.15, 0.2) is 35.1 Å². The Kier molecular flexibility index (Phi) is 3.04. The summed E-state index contributed by atoms with van der Waals surface area (Å²) in [6.45, 7) is 0.200. The summed E-state index contributed by atoms with van der Waals surface area (Å²) in [4.78, 5) is 11.8. The standard InChI is InChI=1S/C12H11N5O3/c1-19-11-3-2-9-14-15-10(17(9)16-11)6-13-12(18)8-4-5-20-7-8/h2-5,7H,6H2,1H3,(H,13,18). The van der Waals surface area contributed by atoms with Crippen molar-refractivity contribution in [1.82, 2.24) is 25.1 Å². The van der Waals surface area contributed by atoms with E-state index in [0.717, 1.165) is 0 Å². The molecule has 0 radical (unpaired) electrons. The largest absolute Gasteiger partial charge is 0.480 e. The van der Waals surface area contributed by atoms with Crippen molar-refractivity contribution in [2.75, 3.05) is 7.11 Å². The zero-order chi connectivity index (χ0) is 13.9. The molecule has 1 amide bonds. The van der Waals surface area contributed by atoms with Crippen LogP contribution in [0, 0.1) is 0 Å². The molecule has 3 aromatic heterocycles. The van der Waals surface area contributed by atoms with Gasteiger partial charge in [0.15, 0.2) is 11.5 Å². The summed E-state index contributed by atoms with van der Waals surface area (Å²) < 4.78 is 11.4. The van der Waals surface area contributed by atoms with E-state index in [4.69, 9.17) is 9.15 Å². The number of nitrogens with one attached hydrogen (secondary N) is 1. The highest BCUT2D eigenvalue weighted by Gasteiger charge is 2.11. The topological polar surface area (TPSA) is 94.6 Å². The van der Waals surface area contributed by atoms with Gasteiger partial charge in [-0.1, -0.05) is 0 Å². The van der Waals surface area contributed by atoms with Gasteiger partial charge in [0.25, 0.3) is 5.91 Å². The minimum atomic E-state index is -0.251. The highest BCUT2D eigenvalue weighted by atomic mass is 16.5. The van der Waals surface area contributed by atoms with Crippen molar-refractivity contribution < 1.29 is 13.9 Å². The number of aromatic nitrogens is 4. The van der Waals surface area contributed by atoms with Crippen molar-refractivity contribution in [3.8, 4) is 5.88 Å². The molecule has 0 saturated heterocycles. The Balaban J connectivity index is 1.79. The van der Waals surface area contributed by atoms with Crippen molar-refractivity contribution in [1.29, 1.82) is 0 Å². The summed E-state index contributed by atoms with van der Waals surface area (Å²) in [5, 5.41) is 14.8. The number of carbonyl (C=O) groups excluding carboxylic acids is 1. The molecule has 0 aliphatic heterocycles. The quantitative estimate of drug-likeness (QED) is 0.750. The zero-order valence-electron chi connectivity index (χ0n) is 10.6. The van der Waals surface area contributed by atoms with Crippen LogP contribution in [0.2, 0.25) is 0 Å². The predicted molar refractivity (Wildman–Crippen MR) is 67.2 cm³/mol. The molecule has 0 fully saturated rings. The molecule has 0 bridgehead atoms. The van der Waals surface area contributed by atoms with E-state index in [0.29, 0.717) is 22.9 Å². The fraction of sp³-hybridized carbons (Fsp3) is 0.167. The lowest BCUT2D eigenvalue weighted by atomic mass is 10.3. The van der Waals surface area contributed by atoms with E-state index in [9.17, 15) is 4.79 Å². The first-order valence-electron chi connectivity index (χ1n) is 5.83. The smallest absolute Gasteiger partial charge is 0.254 e. The Morgan fingerprint density at radius 2 is 2.30 bits per heavy atom. The molecule has 3 rings (SSSR count). The molecule has 1 N–H and O–H groups in total. The van der Waals surface area contributed by atoms with Crippen molar-refractivity contribution in [2.45, 2.75) is 6.54 Å². The normalized spacial score (nSPS) is 10.7. The van der Waals surface area contributed by atoms with Gasteiger partial charge in [0.05, 0.1) is 25.5 Å². The third-order valence-corrected chi connectivity index (χ3v) is 2.70. The monoisotopic (exact) mass is 273 g/mol. The van der Waals surface area contributed by atoms with Crippen LogP contribution in [0.3, 0.4) is 0 Å². The summed E-state index contributed by atoms with van der Waals surface area (Å²) >= 11 is 0. The molecule has 0 aliphatic rings. The van der Waals surface area contributed by atoms with E-state index in [1.165, 1.54) is 24.2 Å². The van der Waals surface area contributed by atoms with Crippen LogP contribution < -0.4 is 10.1 Å². The molecule has 0 unspecified atom stereocenters. The van der Waals surface area contributed by atoms with Gasteiger partial charge in [0, 0.05) is 6.07 Å². The number of carbonyl (C=O) groups is 1. The van der Waals surface area contributed by atoms with Crippen LogP contribution in [-0.2, 0) is 6.54 Å². The van der Waals surface area contributed by atoms with Gasteiger partial charge in [-0.05, 0) is 12.1 Å². The predicted octanol–water partition coefficient (Wildman–Crippen LogP) is 0.656. The average molecular weight is 273 g/mol. The second kappa shape index (κ2) is 5.00. The Morgan fingerprint density at radius 1 is 1.40 bits per heavy atom. The number of hydrogen-bond donors (Lipinski definition) is 1. The third-order valence-electron chi connectivity index (χ3n) is 2.70. The molecule has 8 heteroatoms. The first-order valence-corrected chi connectivity index (χ1v) is 5.83. The van der Waals surface area contributed by atoms with Gasteiger partial charge in [-0.25, -0.2) is 0 Å². The maximum atomic E-state index is 11.8. The maximum Gasteiger partial charge on any atom is 0.254 e. The lowest BCUT2D eigenvalue weighted by molar-refractivity contribution is 0.0949. The van der Waals surface area contributed by atoms with E-state index >= 15 is 0 Å². The lowest BCUT2D eigenvalue weighted by Crippen LogP contribution is -2.23. The molecule has 0 aromatic carbocycles. The Labute approximate surface area is 113 Å². The molecular formula is C12H11N5O3. The lowest BCUT2D eigenvalue weighted by Gasteiger charge is -2.03. The number of ether oxygens (including phenoxy) is 1. The van der Waals surface area contributed by atoms with Crippen LogP contribution in [0.4, 0.5) is 0 Å². The Hall–Kier alpha value is -2.90. The van der Waals surface area contributed by atoms with E-state index in [1.807, 2.05) is 0 Å². The van der Waals surface area contributed by atoms with Gasteiger partial charge in [0.1, 0.15) is 6.26 Å². The van der Waals surface area contributed by atoms with Gasteiger partial charge >= 0.3 is 0 Å². The molecule has 0 saturated carbocycles. The van der Waals surface area contributed by atoms with Crippen LogP contribution in [0.5, 0.6) is 5.88 Å². The van der Waals surface area contributed by atoms with Crippen LogP contribution >= 0.6 is 0 Å². The molecule has 8 nitrogen and oxygen atoms in total. The fourth-order valence-electron chi connectivity index (χ4n) is 1.69. The summed E-state index contributed by atoms with van der Waals surface area (Å²) in [7, 11) is 1.53. The van der Waals surface area contributed by atoms with Crippen LogP contribution in [0.25, 0.3) is 5.65 Å². The highest BCUT2D eigenvalue weighted by molar-refractivity contribution is 5.93. The van der Waals surface area contributed by atoms with Crippen molar-refractivity contribution in [3.63, 3.8) is 0 Å². The summed E-state index contributed by atoms with van der Waals surface area (Å²) in [6.07, 6.45) is 2.81. The second-order valence-corrected chi connectivity index (χ2v) is 3.96. The molecule has 0 atom stereocenters. The zero-order valence-corrected chi connectivity index (χ0v) is 10.6. The first-order chi connectivity index (χ1) is 9.78. The molecule has 0 spiro atoms. The maximum absolute atomic E-state index is 11.8. The Bertz CT molecular complexity index is 735. The molecule has 102 valence electrons. The van der Waals surface area contributed by atoms with Gasteiger partial charge in [-0.2, -0.15) is 4.52 Å². The SMILES string of the molecule is COc1ccc2nnc(CNC(=O)c3ccoc3)n2n1. The summed E-state index contributed by atoms with van der Waals surface area (Å²) in [6, 6.07) is 5.01. The minimum absolute atomic E-state index is 0.200. The van der Waals surface area contributed by atoms with E-state index in [-0.39, 0.29) is 12.5 Å². The fourth-order valence-corrected chi connectivity index (χ4v) is 1.69. The number of fused-ring (bicyclic) bond motifs is 1. The number of hydrogen-bond acceptors (Lipinski definition) is 6. The van der Waals surface area contributed by atoms with Gasteiger partial charge in [0.2, 0.25) is 5.88 Å². The second-order valence-electron chi connectivity index (χ2n) is 3.96. The van der Waals surface area contributed by atoms with Crippen molar-refractivity contribution in [2.24, 2.45) is 0 Å². The summed E-state index contributed by atoms with van der Waals surface area (Å²) in [5.74, 6) is 0.703. The van der Waals surface area contributed by atoms with Crippen molar-refractivity contribution >= 4 is 11.6 Å². The number of rotatable bonds is 4. The molecular weight excluding hydrogens is 262 g/mol. The van der Waals surface area contributed by atoms with Crippen molar-refractivity contribution in [3.05, 3.63) is 42.1 Å². The van der Waals surface area contributed by atoms with Gasteiger partial charge in [-0.3, -0.25) is 4.79 Å². The summed E-state index contributed by atoms with van der Waals surface area (Å²) in [5.41, 5.74) is 1.03. The highest BCUT2D eigenvalue weighted by Crippen LogP contribution is 2.08. The third kappa shape index (κ3) is 2.18. The van der Waals surface area contributed by atoms with Crippen LogP contribution in [-0.4, -0.2) is 32.8 Å². The number of nitrogens with zero attached hydrogens (tertiary/aromatic N) is 4. The van der Waals surface area contributed by atoms with E-state index < -0.39 is 0 Å². The van der Waals surface area contributed by atoms with E-state index in [2.05, 4.69) is 20.6 Å². The van der Waals surface area contributed by atoms with Gasteiger partial charge in [-0.15, -0.1) is 15.3 Å². The van der Waals surface area contributed by atoms with Crippen LogP contribution in [0.1, 0.15) is 16.2 Å². The molecule has 20 heavy (non-hydrogen) atoms. The number of methoxy groups -OCH3 is 1. The van der Waals surface area contributed by atoms with E-state index in [1.54, 1.807) is 18.2 Å².